The first-order valence-electron chi connectivity index (χ1n) is 24.5. The van der Waals surface area contributed by atoms with E-state index < -0.39 is 49.3 Å². The van der Waals surface area contributed by atoms with Crippen molar-refractivity contribution in [2.45, 2.75) is 212 Å². The molecule has 0 aliphatic heterocycles. The third-order valence-electron chi connectivity index (χ3n) is 13.4. The monoisotopic (exact) mass is 1040 g/mol. The van der Waals surface area contributed by atoms with E-state index in [-0.39, 0.29) is 11.1 Å². The number of unbranched alkanes of at least 4 members (excludes halogenated alkanes) is 26. The zero-order valence-electron chi connectivity index (χ0n) is 37.9. The summed E-state index contributed by atoms with van der Waals surface area (Å²) in [4.78, 5) is 2.55. The number of fused-ring (bicyclic) bond motifs is 3. The molecule has 0 radical (unpaired) electrons. The van der Waals surface area contributed by atoms with E-state index in [1.54, 1.807) is 0 Å². The smallest absolute Gasteiger partial charge is 0.176 e. The van der Waals surface area contributed by atoms with Crippen molar-refractivity contribution in [2.24, 2.45) is 0 Å². The van der Waals surface area contributed by atoms with Crippen LogP contribution >= 0.6 is 54.5 Å². The topological polar surface area (TPSA) is 0 Å². The van der Waals surface area contributed by atoms with Crippen LogP contribution in [0.15, 0.2) is 33.2 Å². The standard InChI is InChI=1S/C53H70Br2F6S2/c1-3-5-7-9-11-13-15-17-19-21-23-25-27-29-31-53(32-30-28-26-24-22-20-18-16-14-12-10-8-6-4-2)39-35-43(37-33-41(56)45(54)49(60)47(37)58)62-51(39)52-40(53)36-44(63-52)38-34-42(57)46(55)50(61)48(38)59/h33-36H,3-32H2,1-2H3. The molecule has 10 heteroatoms. The van der Waals surface area contributed by atoms with Crippen LogP contribution < -0.4 is 0 Å². The molecule has 63 heavy (non-hydrogen) atoms. The fourth-order valence-electron chi connectivity index (χ4n) is 9.65. The van der Waals surface area contributed by atoms with Gasteiger partial charge in [-0.2, -0.15) is 0 Å². The molecule has 4 aromatic rings. The van der Waals surface area contributed by atoms with Crippen LogP contribution in [-0.4, -0.2) is 0 Å². The largest absolute Gasteiger partial charge is 0.206 e. The molecule has 0 amide bonds. The quantitative estimate of drug-likeness (QED) is 0.0198. The molecule has 5 rings (SSSR count). The van der Waals surface area contributed by atoms with Crippen molar-refractivity contribution in [3.8, 4) is 30.6 Å². The summed E-state index contributed by atoms with van der Waals surface area (Å²) < 4.78 is 89.8. The van der Waals surface area contributed by atoms with E-state index in [0.717, 1.165) is 84.4 Å². The molecule has 350 valence electrons. The SMILES string of the molecule is CCCCCCCCCCCCCCCCC1(CCCCCCCCCCCCCCCC)c2cc(-c3cc(F)c(Br)c(F)c3F)sc2-c2sc(-c3cc(F)c(Br)c(F)c3F)cc21. The molecule has 0 nitrogen and oxygen atoms in total. The van der Waals surface area contributed by atoms with Crippen LogP contribution in [0.2, 0.25) is 0 Å². The van der Waals surface area contributed by atoms with Crippen LogP contribution in [0, 0.1) is 34.9 Å². The number of thiophene rings is 2. The minimum absolute atomic E-state index is 0.143. The number of rotatable bonds is 32. The third kappa shape index (κ3) is 14.2. The van der Waals surface area contributed by atoms with Crippen LogP contribution in [0.3, 0.4) is 0 Å². The molecule has 2 heterocycles. The normalized spacial score (nSPS) is 13.0. The molecule has 0 N–H and O–H groups in total. The van der Waals surface area contributed by atoms with Gasteiger partial charge in [-0.15, -0.1) is 22.7 Å². The molecular weight excluding hydrogens is 975 g/mol. The first-order valence-corrected chi connectivity index (χ1v) is 27.7. The maximum Gasteiger partial charge on any atom is 0.176 e. The average Bonchev–Trinajstić information content (AvgIpc) is 3.98. The van der Waals surface area contributed by atoms with Crippen molar-refractivity contribution in [1.29, 1.82) is 0 Å². The van der Waals surface area contributed by atoms with Crippen molar-refractivity contribution >= 4 is 54.5 Å². The molecule has 0 bridgehead atoms. The van der Waals surface area contributed by atoms with E-state index in [9.17, 15) is 17.6 Å². The molecular formula is C53H70Br2F6S2. The summed E-state index contributed by atoms with van der Waals surface area (Å²) in [5, 5.41) is 0. The molecule has 0 spiro atoms. The highest BCUT2D eigenvalue weighted by molar-refractivity contribution is 9.10. The van der Waals surface area contributed by atoms with Gasteiger partial charge in [0.2, 0.25) is 0 Å². The highest BCUT2D eigenvalue weighted by Crippen LogP contribution is 2.62. The van der Waals surface area contributed by atoms with E-state index in [1.807, 2.05) is 12.1 Å². The van der Waals surface area contributed by atoms with Gasteiger partial charge >= 0.3 is 0 Å². The van der Waals surface area contributed by atoms with E-state index in [0.29, 0.717) is 9.75 Å². The summed E-state index contributed by atoms with van der Waals surface area (Å²) in [6.45, 7) is 4.51. The maximum absolute atomic E-state index is 15.6. The Hall–Kier alpha value is -1.62. The summed E-state index contributed by atoms with van der Waals surface area (Å²) in [5.41, 5.74) is 1.22. The Balaban J connectivity index is 1.33. The van der Waals surface area contributed by atoms with Gasteiger partial charge in [-0.05, 0) is 80.1 Å². The van der Waals surface area contributed by atoms with Crippen LogP contribution in [0.5, 0.6) is 0 Å². The van der Waals surface area contributed by atoms with E-state index in [4.69, 9.17) is 0 Å². The molecule has 2 aromatic carbocycles. The molecule has 0 atom stereocenters. The number of hydrogen-bond acceptors (Lipinski definition) is 2. The molecule has 0 fully saturated rings. The van der Waals surface area contributed by atoms with E-state index in [1.165, 1.54) is 164 Å². The second-order valence-electron chi connectivity index (χ2n) is 18.2. The molecule has 0 saturated heterocycles. The molecule has 1 aliphatic rings. The summed E-state index contributed by atoms with van der Waals surface area (Å²) in [6.07, 6.45) is 36.4. The van der Waals surface area contributed by atoms with Gasteiger partial charge in [-0.25, -0.2) is 26.3 Å². The second kappa shape index (κ2) is 27.3. The molecule has 0 unspecified atom stereocenters. The first kappa shape index (κ1) is 52.4. The van der Waals surface area contributed by atoms with Gasteiger partial charge in [0.25, 0.3) is 0 Å². The van der Waals surface area contributed by atoms with E-state index >= 15 is 8.78 Å². The summed E-state index contributed by atoms with van der Waals surface area (Å²) in [6, 6.07) is 5.92. The fraction of sp³-hybridized carbons (Fsp3) is 0.623. The van der Waals surface area contributed by atoms with E-state index in [2.05, 4.69) is 45.7 Å². The second-order valence-corrected chi connectivity index (χ2v) is 21.9. The van der Waals surface area contributed by atoms with Gasteiger partial charge in [0.05, 0.1) is 8.95 Å². The van der Waals surface area contributed by atoms with Crippen LogP contribution in [-0.2, 0) is 5.41 Å². The lowest BCUT2D eigenvalue weighted by Crippen LogP contribution is -2.25. The first-order chi connectivity index (χ1) is 30.5. The predicted molar refractivity (Wildman–Crippen MR) is 264 cm³/mol. The zero-order valence-corrected chi connectivity index (χ0v) is 42.7. The lowest BCUT2D eigenvalue weighted by Gasteiger charge is -2.31. The van der Waals surface area contributed by atoms with Crippen LogP contribution in [0.4, 0.5) is 26.3 Å². The molecule has 1 aliphatic carbocycles. The lowest BCUT2D eigenvalue weighted by atomic mass is 9.71. The zero-order chi connectivity index (χ0) is 45.2. The summed E-state index contributed by atoms with van der Waals surface area (Å²) in [7, 11) is 0. The van der Waals surface area contributed by atoms with Gasteiger partial charge in [0.15, 0.2) is 23.3 Å². The minimum atomic E-state index is -1.27. The Kier molecular flexibility index (Phi) is 22.6. The summed E-state index contributed by atoms with van der Waals surface area (Å²) >= 11 is 8.24. The average molecular weight is 1050 g/mol. The van der Waals surface area contributed by atoms with Gasteiger partial charge in [0.1, 0.15) is 11.6 Å². The third-order valence-corrected chi connectivity index (χ3v) is 17.3. The van der Waals surface area contributed by atoms with Crippen LogP contribution in [0.25, 0.3) is 30.6 Å². The van der Waals surface area contributed by atoms with Gasteiger partial charge in [0, 0.05) is 36.1 Å². The highest BCUT2D eigenvalue weighted by Gasteiger charge is 2.46. The van der Waals surface area contributed by atoms with Gasteiger partial charge in [-0.1, -0.05) is 194 Å². The lowest BCUT2D eigenvalue weighted by molar-refractivity contribution is 0.397. The highest BCUT2D eigenvalue weighted by atomic mass is 79.9. The Morgan fingerprint density at radius 1 is 0.381 bits per heavy atom. The summed E-state index contributed by atoms with van der Waals surface area (Å²) in [5.74, 6) is -6.57. The Morgan fingerprint density at radius 3 is 0.937 bits per heavy atom. The number of benzene rings is 2. The Bertz CT molecular complexity index is 1860. The minimum Gasteiger partial charge on any atom is -0.206 e. The maximum atomic E-state index is 15.6. The Morgan fingerprint density at radius 2 is 0.651 bits per heavy atom. The predicted octanol–water partition coefficient (Wildman–Crippen LogP) is 21.5. The van der Waals surface area contributed by atoms with Crippen molar-refractivity contribution in [2.75, 3.05) is 0 Å². The fourth-order valence-corrected chi connectivity index (χ4v) is 12.9. The van der Waals surface area contributed by atoms with Gasteiger partial charge < -0.3 is 0 Å². The number of halogens is 8. The number of hydrogen-bond donors (Lipinski definition) is 0. The van der Waals surface area contributed by atoms with Crippen molar-refractivity contribution in [3.05, 3.63) is 79.2 Å². The molecule has 0 saturated carbocycles. The van der Waals surface area contributed by atoms with Crippen molar-refractivity contribution < 1.29 is 26.3 Å². The van der Waals surface area contributed by atoms with Crippen molar-refractivity contribution in [3.63, 3.8) is 0 Å². The Labute approximate surface area is 400 Å². The van der Waals surface area contributed by atoms with Crippen LogP contribution in [0.1, 0.15) is 218 Å². The molecule has 2 aromatic heterocycles. The van der Waals surface area contributed by atoms with Crippen molar-refractivity contribution in [1.82, 2.24) is 0 Å². The van der Waals surface area contributed by atoms with Gasteiger partial charge in [-0.3, -0.25) is 0 Å².